The molecule has 0 saturated heterocycles. The summed E-state index contributed by atoms with van der Waals surface area (Å²) < 4.78 is 42.0. The normalized spacial score (nSPS) is 20.1. The number of carbonyl (C=O) groups is 1. The lowest BCUT2D eigenvalue weighted by Crippen LogP contribution is -2.25. The molecule has 6 N–H and O–H groups in total. The van der Waals surface area contributed by atoms with Crippen LogP contribution in [-0.4, -0.2) is 48.5 Å². The molecule has 0 fully saturated rings. The number of rotatable bonds is 7. The first-order valence-electron chi connectivity index (χ1n) is 3.94. The van der Waals surface area contributed by atoms with E-state index in [4.69, 9.17) is 29.8 Å². The highest BCUT2D eigenvalue weighted by Gasteiger charge is 2.43. The van der Waals surface area contributed by atoms with Gasteiger partial charge in [0.15, 0.2) is 6.10 Å². The van der Waals surface area contributed by atoms with Crippen LogP contribution in [0.25, 0.3) is 0 Å². The molecule has 0 amide bonds. The third-order valence-electron chi connectivity index (χ3n) is 1.07. The molecule has 0 aromatic rings. The van der Waals surface area contributed by atoms with E-state index in [1.165, 1.54) is 0 Å². The van der Waals surface area contributed by atoms with Crippen LogP contribution in [0.2, 0.25) is 0 Å². The maximum absolute atomic E-state index is 11.0. The van der Waals surface area contributed by atoms with Crippen LogP contribution in [0.4, 0.5) is 0 Å². The highest BCUT2D eigenvalue weighted by molar-refractivity contribution is 7.66. The minimum Gasteiger partial charge on any atom is -0.393 e. The van der Waals surface area contributed by atoms with Gasteiger partial charge in [-0.25, -0.2) is 18.5 Å². The van der Waals surface area contributed by atoms with Crippen LogP contribution in [0.1, 0.15) is 0 Å². The first-order chi connectivity index (χ1) is 8.28. The summed E-state index contributed by atoms with van der Waals surface area (Å²) in [5.74, 6) is -1.88. The summed E-state index contributed by atoms with van der Waals surface area (Å²) >= 11 is 0. The molecular weight excluding hydrogens is 337 g/mol. The molecule has 0 aliphatic rings. The number of aliphatic hydroxyl groups is 2. The number of hydrogen-bond donors (Lipinski definition) is 6. The van der Waals surface area contributed by atoms with Crippen molar-refractivity contribution in [2.75, 3.05) is 6.61 Å². The summed E-state index contributed by atoms with van der Waals surface area (Å²) in [6.07, 6.45) is -2.23. The zero-order chi connectivity index (χ0) is 15.5. The van der Waals surface area contributed by atoms with Gasteiger partial charge in [-0.3, -0.25) is 4.89 Å². The Morgan fingerprint density at radius 1 is 1.00 bits per heavy atom. The van der Waals surface area contributed by atoms with Gasteiger partial charge in [0, 0.05) is 0 Å². The average Bonchev–Trinajstić information content (AvgIpc) is 2.08. The number of phosphoric ester groups is 1. The number of hydrogen-bond acceptors (Lipinski definition) is 9. The summed E-state index contributed by atoms with van der Waals surface area (Å²) in [6.45, 7) is -1.19. The first-order valence-corrected chi connectivity index (χ1v) is 8.46. The summed E-state index contributed by atoms with van der Waals surface area (Å²) in [6, 6.07) is 0. The molecule has 13 nitrogen and oxygen atoms in total. The van der Waals surface area contributed by atoms with Gasteiger partial charge in [-0.1, -0.05) is 0 Å². The predicted molar refractivity (Wildman–Crippen MR) is 53.0 cm³/mol. The molecule has 16 heteroatoms. The highest BCUT2D eigenvalue weighted by Crippen LogP contribution is 2.66. The Hall–Kier alpha value is -0.160. The van der Waals surface area contributed by atoms with Crippen molar-refractivity contribution in [3.63, 3.8) is 0 Å². The first kappa shape index (κ1) is 18.8. The van der Waals surface area contributed by atoms with Gasteiger partial charge in [0.1, 0.15) is 0 Å². The molecule has 3 atom stereocenters. The third kappa shape index (κ3) is 8.58. The number of carbonyl (C=O) groups excluding carboxylic acids is 1. The van der Waals surface area contributed by atoms with Crippen molar-refractivity contribution in [2.45, 2.75) is 6.10 Å². The van der Waals surface area contributed by atoms with Crippen molar-refractivity contribution >= 4 is 29.4 Å². The second-order valence-corrected chi connectivity index (χ2v) is 7.04. The fraction of sp³-hybridized carbons (Fsp3) is 0.667. The zero-order valence-electron chi connectivity index (χ0n) is 8.67. The van der Waals surface area contributed by atoms with E-state index in [9.17, 15) is 18.5 Å². The molecule has 0 aliphatic heterocycles. The molecule has 0 radical (unpaired) electrons. The van der Waals surface area contributed by atoms with Gasteiger partial charge >= 0.3 is 29.4 Å². The van der Waals surface area contributed by atoms with Crippen LogP contribution in [0.5, 0.6) is 0 Å². The zero-order valence-corrected chi connectivity index (χ0v) is 11.4. The van der Waals surface area contributed by atoms with Crippen molar-refractivity contribution < 1.29 is 61.4 Å². The molecule has 0 bridgehead atoms. The molecule has 0 aliphatic carbocycles. The fourth-order valence-electron chi connectivity index (χ4n) is 0.545. The SMILES string of the molecule is O=C(OP(=O)(O)OP(=O)(O)OP(=O)(O)O)C(O)CO. The van der Waals surface area contributed by atoms with E-state index in [1.807, 2.05) is 0 Å². The highest BCUT2D eigenvalue weighted by atomic mass is 31.3. The average molecular weight is 346 g/mol. The molecule has 0 aromatic heterocycles. The molecule has 0 rings (SSSR count). The van der Waals surface area contributed by atoms with Crippen molar-refractivity contribution in [1.82, 2.24) is 0 Å². The minimum atomic E-state index is -5.73. The number of phosphoric acid groups is 3. The second kappa shape index (κ2) is 6.53. The Kier molecular flexibility index (Phi) is 6.47. The number of aliphatic hydroxyl groups excluding tert-OH is 2. The van der Waals surface area contributed by atoms with Gasteiger partial charge in [-0.2, -0.15) is 8.62 Å². The Bertz CT molecular complexity index is 462. The Labute approximate surface area is 104 Å². The van der Waals surface area contributed by atoms with Crippen molar-refractivity contribution in [2.24, 2.45) is 0 Å². The van der Waals surface area contributed by atoms with Gasteiger partial charge in [0.05, 0.1) is 6.61 Å². The van der Waals surface area contributed by atoms with E-state index in [0.717, 1.165) is 0 Å². The topological polar surface area (TPSA) is 217 Å². The van der Waals surface area contributed by atoms with Gasteiger partial charge < -0.3 is 29.4 Å². The summed E-state index contributed by atoms with van der Waals surface area (Å²) in [4.78, 5) is 44.6. The smallest absolute Gasteiger partial charge is 0.393 e. The lowest BCUT2D eigenvalue weighted by molar-refractivity contribution is -0.146. The van der Waals surface area contributed by atoms with Crippen LogP contribution in [-0.2, 0) is 31.6 Å². The fourth-order valence-corrected chi connectivity index (χ4v) is 3.53. The molecule has 114 valence electrons. The molecule has 0 heterocycles. The van der Waals surface area contributed by atoms with E-state index in [0.29, 0.717) is 0 Å². The largest absolute Gasteiger partial charge is 0.538 e. The molecular formula is C3H9O13P3. The maximum Gasteiger partial charge on any atom is 0.538 e. The van der Waals surface area contributed by atoms with Crippen LogP contribution in [0.3, 0.4) is 0 Å². The Morgan fingerprint density at radius 2 is 1.47 bits per heavy atom. The van der Waals surface area contributed by atoms with Crippen molar-refractivity contribution in [3.05, 3.63) is 0 Å². The molecule has 3 unspecified atom stereocenters. The van der Waals surface area contributed by atoms with Crippen LogP contribution < -0.4 is 0 Å². The van der Waals surface area contributed by atoms with Crippen molar-refractivity contribution in [3.8, 4) is 0 Å². The minimum absolute atomic E-state index is 1.19. The van der Waals surface area contributed by atoms with Gasteiger partial charge in [-0.05, 0) is 0 Å². The van der Waals surface area contributed by atoms with Crippen LogP contribution in [0, 0.1) is 0 Å². The summed E-state index contributed by atoms with van der Waals surface area (Å²) in [7, 11) is -16.9. The van der Waals surface area contributed by atoms with E-state index >= 15 is 0 Å². The van der Waals surface area contributed by atoms with Gasteiger partial charge in [0.2, 0.25) is 0 Å². The maximum atomic E-state index is 11.0. The third-order valence-corrected chi connectivity index (χ3v) is 4.80. The quantitative estimate of drug-likeness (QED) is 0.281. The second-order valence-electron chi connectivity index (χ2n) is 2.70. The standard InChI is InChI=1S/C3H9O13P3/c4-1-2(5)3(6)14-18(10,11)16-19(12,13)15-17(7,8)9/h2,4-5H,1H2,(H,10,11)(H,12,13)(H2,7,8,9). The van der Waals surface area contributed by atoms with Crippen LogP contribution >= 0.6 is 23.5 Å². The molecule has 0 spiro atoms. The predicted octanol–water partition coefficient (Wildman–Crippen LogP) is -1.79. The van der Waals surface area contributed by atoms with E-state index in [-0.39, 0.29) is 0 Å². The summed E-state index contributed by atoms with van der Waals surface area (Å²) in [5.41, 5.74) is 0. The van der Waals surface area contributed by atoms with Gasteiger partial charge in [0.25, 0.3) is 0 Å². The molecule has 0 saturated carbocycles. The van der Waals surface area contributed by atoms with Crippen LogP contribution in [0.15, 0.2) is 0 Å². The lowest BCUT2D eigenvalue weighted by atomic mass is 10.4. The summed E-state index contributed by atoms with van der Waals surface area (Å²) in [5, 5.41) is 17.0. The lowest BCUT2D eigenvalue weighted by Gasteiger charge is -2.16. The van der Waals surface area contributed by atoms with E-state index < -0.39 is 42.1 Å². The molecule has 0 aromatic carbocycles. The monoisotopic (exact) mass is 346 g/mol. The Balaban J connectivity index is 4.78. The Morgan fingerprint density at radius 3 is 1.84 bits per heavy atom. The van der Waals surface area contributed by atoms with E-state index in [1.54, 1.807) is 0 Å². The van der Waals surface area contributed by atoms with Gasteiger partial charge in [-0.15, -0.1) is 0 Å². The van der Waals surface area contributed by atoms with E-state index in [2.05, 4.69) is 13.1 Å². The molecule has 19 heavy (non-hydrogen) atoms. The van der Waals surface area contributed by atoms with Crippen molar-refractivity contribution in [1.29, 1.82) is 0 Å².